The van der Waals surface area contributed by atoms with Gasteiger partial charge in [-0.1, -0.05) is 29.3 Å². The van der Waals surface area contributed by atoms with Gasteiger partial charge in [0.15, 0.2) is 5.82 Å². The monoisotopic (exact) mass is 348 g/mol. The first-order valence-electron chi connectivity index (χ1n) is 5.77. The predicted octanol–water partition coefficient (Wildman–Crippen LogP) is 5.19. The molecule has 0 atom stereocenters. The summed E-state index contributed by atoms with van der Waals surface area (Å²) in [7, 11) is 0. The van der Waals surface area contributed by atoms with Gasteiger partial charge in [-0.05, 0) is 24.1 Å². The topological polar surface area (TPSA) is 45.6 Å². The Kier molecular flexibility index (Phi) is 3.97. The Hall–Kier alpha value is -1.44. The number of anilines is 1. The quantitative estimate of drug-likeness (QED) is 0.638. The molecular formula is C12H8Cl2F2N4S. The molecule has 0 unspecified atom stereocenters. The van der Waals surface area contributed by atoms with Gasteiger partial charge >= 0.3 is 6.55 Å². The molecule has 1 aromatic carbocycles. The van der Waals surface area contributed by atoms with Crippen molar-refractivity contribution in [3.8, 4) is 0 Å². The van der Waals surface area contributed by atoms with Crippen LogP contribution < -0.4 is 4.72 Å². The molecule has 0 amide bonds. The summed E-state index contributed by atoms with van der Waals surface area (Å²) in [6.45, 7) is -2.77. The second-order valence-electron chi connectivity index (χ2n) is 4.12. The number of hydrogen-bond acceptors (Lipinski definition) is 3. The van der Waals surface area contributed by atoms with Crippen LogP contribution in [-0.2, 0) is 0 Å². The van der Waals surface area contributed by atoms with E-state index in [1.165, 1.54) is 18.0 Å². The molecule has 2 heterocycles. The molecule has 0 fully saturated rings. The molecule has 2 N–H and O–H groups in total. The number of aromatic nitrogens is 3. The summed E-state index contributed by atoms with van der Waals surface area (Å²) in [5.41, 5.74) is 0.892. The lowest BCUT2D eigenvalue weighted by atomic mass is 10.2. The second-order valence-corrected chi connectivity index (χ2v) is 5.79. The highest BCUT2D eigenvalue weighted by Gasteiger charge is 2.14. The molecule has 4 nitrogen and oxygen atoms in total. The lowest BCUT2D eigenvalue weighted by Crippen LogP contribution is -2.00. The fourth-order valence-corrected chi connectivity index (χ4v) is 2.93. The summed E-state index contributed by atoms with van der Waals surface area (Å²) in [4.78, 5) is 3.98. The van der Waals surface area contributed by atoms with Gasteiger partial charge in [-0.15, -0.1) is 5.10 Å². The largest absolute Gasteiger partial charge is 0.360 e. The van der Waals surface area contributed by atoms with Crippen molar-refractivity contribution in [2.45, 2.75) is 11.4 Å². The van der Waals surface area contributed by atoms with Crippen LogP contribution in [0.15, 0.2) is 35.4 Å². The summed E-state index contributed by atoms with van der Waals surface area (Å²) in [5.74, 6) is 0.258. The zero-order chi connectivity index (χ0) is 15.0. The molecule has 3 aromatic rings. The van der Waals surface area contributed by atoms with Crippen LogP contribution in [0.25, 0.3) is 10.9 Å². The first-order chi connectivity index (χ1) is 10.0. The molecular weight excluding hydrogens is 341 g/mol. The van der Waals surface area contributed by atoms with Crippen molar-refractivity contribution in [2.24, 2.45) is 0 Å². The van der Waals surface area contributed by atoms with Crippen LogP contribution in [-0.4, -0.2) is 14.8 Å². The number of alkyl halides is 2. The average molecular weight is 349 g/mol. The number of benzene rings is 1. The van der Waals surface area contributed by atoms with Gasteiger partial charge in [-0.3, -0.25) is 0 Å². The molecule has 0 bridgehead atoms. The van der Waals surface area contributed by atoms with E-state index in [4.69, 9.17) is 23.2 Å². The molecule has 110 valence electrons. The summed E-state index contributed by atoms with van der Waals surface area (Å²) in [6, 6.07) is 6.81. The number of H-pyrrole nitrogens is 1. The van der Waals surface area contributed by atoms with Gasteiger partial charge in [0.25, 0.3) is 0 Å². The van der Waals surface area contributed by atoms with Crippen molar-refractivity contribution in [3.05, 3.63) is 40.6 Å². The Balaban J connectivity index is 1.79. The van der Waals surface area contributed by atoms with Gasteiger partial charge in [0.2, 0.25) is 0 Å². The number of nitrogens with zero attached hydrogens (tertiary/aromatic N) is 2. The Labute approximate surface area is 132 Å². The average Bonchev–Trinajstić information content (AvgIpc) is 2.99. The van der Waals surface area contributed by atoms with E-state index >= 15 is 0 Å². The van der Waals surface area contributed by atoms with Crippen molar-refractivity contribution in [2.75, 3.05) is 4.72 Å². The van der Waals surface area contributed by atoms with Crippen LogP contribution in [0.5, 0.6) is 0 Å². The maximum absolute atomic E-state index is 12.6. The summed E-state index contributed by atoms with van der Waals surface area (Å²) in [6.07, 6.45) is 1.80. The first kappa shape index (κ1) is 14.5. The van der Waals surface area contributed by atoms with Crippen LogP contribution >= 0.6 is 35.1 Å². The second kappa shape index (κ2) is 5.75. The number of aromatic amines is 1. The number of nitrogens with one attached hydrogen (secondary N) is 2. The van der Waals surface area contributed by atoms with Gasteiger partial charge in [0.1, 0.15) is 5.15 Å². The SMILES string of the molecule is FC(F)n1nc(NSc2c[nH]c3cc(Cl)ccc23)cc1Cl. The van der Waals surface area contributed by atoms with Crippen molar-refractivity contribution in [3.63, 3.8) is 0 Å². The maximum Gasteiger partial charge on any atom is 0.334 e. The maximum atomic E-state index is 12.6. The molecule has 0 aliphatic rings. The lowest BCUT2D eigenvalue weighted by molar-refractivity contribution is 0.0573. The Morgan fingerprint density at radius 1 is 1.29 bits per heavy atom. The molecule has 2 aromatic heterocycles. The van der Waals surface area contributed by atoms with E-state index in [0.29, 0.717) is 9.70 Å². The van der Waals surface area contributed by atoms with Crippen LogP contribution in [0.2, 0.25) is 10.2 Å². The van der Waals surface area contributed by atoms with E-state index in [9.17, 15) is 8.78 Å². The highest BCUT2D eigenvalue weighted by Crippen LogP contribution is 2.31. The summed E-state index contributed by atoms with van der Waals surface area (Å²) in [5, 5.41) is 5.15. The molecule has 0 saturated heterocycles. The van der Waals surface area contributed by atoms with Crippen molar-refractivity contribution in [1.29, 1.82) is 0 Å². The van der Waals surface area contributed by atoms with Gasteiger partial charge in [0, 0.05) is 28.2 Å². The number of hydrogen-bond donors (Lipinski definition) is 2. The van der Waals surface area contributed by atoms with E-state index in [-0.39, 0.29) is 11.0 Å². The normalized spacial score (nSPS) is 11.5. The third-order valence-electron chi connectivity index (χ3n) is 2.75. The van der Waals surface area contributed by atoms with Crippen LogP contribution in [0.1, 0.15) is 6.55 Å². The van der Waals surface area contributed by atoms with Crippen LogP contribution in [0.4, 0.5) is 14.6 Å². The molecule has 0 aliphatic carbocycles. The Bertz CT molecular complexity index is 787. The third-order valence-corrected chi connectivity index (χ3v) is 4.13. The van der Waals surface area contributed by atoms with Crippen LogP contribution in [0.3, 0.4) is 0 Å². The van der Waals surface area contributed by atoms with Gasteiger partial charge < -0.3 is 9.71 Å². The van der Waals surface area contributed by atoms with E-state index in [1.54, 1.807) is 12.3 Å². The zero-order valence-electron chi connectivity index (χ0n) is 10.3. The number of rotatable bonds is 4. The predicted molar refractivity (Wildman–Crippen MR) is 81.3 cm³/mol. The highest BCUT2D eigenvalue weighted by molar-refractivity contribution is 8.00. The molecule has 21 heavy (non-hydrogen) atoms. The minimum absolute atomic E-state index is 0.126. The molecule has 9 heteroatoms. The molecule has 0 radical (unpaired) electrons. The fraction of sp³-hybridized carbons (Fsp3) is 0.0833. The number of fused-ring (bicyclic) bond motifs is 1. The zero-order valence-corrected chi connectivity index (χ0v) is 12.6. The molecule has 0 spiro atoms. The lowest BCUT2D eigenvalue weighted by Gasteiger charge is -2.01. The van der Waals surface area contributed by atoms with E-state index in [1.807, 2.05) is 12.1 Å². The number of halogens is 4. The Morgan fingerprint density at radius 2 is 2.10 bits per heavy atom. The van der Waals surface area contributed by atoms with E-state index in [0.717, 1.165) is 15.8 Å². The smallest absolute Gasteiger partial charge is 0.334 e. The third kappa shape index (κ3) is 2.95. The highest BCUT2D eigenvalue weighted by atomic mass is 35.5. The van der Waals surface area contributed by atoms with Gasteiger partial charge in [0.05, 0.1) is 4.90 Å². The Morgan fingerprint density at radius 3 is 2.81 bits per heavy atom. The van der Waals surface area contributed by atoms with E-state index in [2.05, 4.69) is 14.8 Å². The van der Waals surface area contributed by atoms with Crippen LogP contribution in [0, 0.1) is 0 Å². The molecule has 0 saturated carbocycles. The summed E-state index contributed by atoms with van der Waals surface area (Å²) >= 11 is 12.8. The fourth-order valence-electron chi connectivity index (χ4n) is 1.82. The molecule has 0 aliphatic heterocycles. The van der Waals surface area contributed by atoms with Crippen molar-refractivity contribution >= 4 is 51.9 Å². The van der Waals surface area contributed by atoms with Crippen molar-refractivity contribution in [1.82, 2.24) is 14.8 Å². The van der Waals surface area contributed by atoms with Gasteiger partial charge in [-0.25, -0.2) is 0 Å². The first-order valence-corrected chi connectivity index (χ1v) is 7.34. The standard InChI is InChI=1S/C12H8Cl2F2N4S/c13-6-1-2-7-8(3-6)17-5-9(7)21-19-11-4-10(14)20(18-11)12(15)16/h1-5,12,17H,(H,18,19). The minimum Gasteiger partial charge on any atom is -0.360 e. The summed E-state index contributed by atoms with van der Waals surface area (Å²) < 4.78 is 28.5. The molecule has 3 rings (SSSR count). The van der Waals surface area contributed by atoms with Crippen molar-refractivity contribution < 1.29 is 8.78 Å². The van der Waals surface area contributed by atoms with Gasteiger partial charge in [-0.2, -0.15) is 13.5 Å². The van der Waals surface area contributed by atoms with E-state index < -0.39 is 6.55 Å². The minimum atomic E-state index is -2.77.